The molecule has 2 aliphatic heterocycles. The summed E-state index contributed by atoms with van der Waals surface area (Å²) in [5.74, 6) is -0.131. The van der Waals surface area contributed by atoms with Crippen LogP contribution in [0.15, 0.2) is 34.0 Å². The highest BCUT2D eigenvalue weighted by Crippen LogP contribution is 2.43. The van der Waals surface area contributed by atoms with Gasteiger partial charge < -0.3 is 14.6 Å². The van der Waals surface area contributed by atoms with Crippen LogP contribution < -0.4 is 11.2 Å². The number of aliphatic hydroxyl groups excluding tert-OH is 1. The van der Waals surface area contributed by atoms with Crippen molar-refractivity contribution in [3.05, 3.63) is 45.3 Å². The second-order valence-electron chi connectivity index (χ2n) is 4.72. The van der Waals surface area contributed by atoms with E-state index in [1.807, 2.05) is 0 Å². The summed E-state index contributed by atoms with van der Waals surface area (Å²) in [6.45, 7) is 4.12. The van der Waals surface area contributed by atoms with E-state index in [9.17, 15) is 14.7 Å². The molecule has 19 heavy (non-hydrogen) atoms. The van der Waals surface area contributed by atoms with E-state index in [1.165, 1.54) is 16.8 Å². The van der Waals surface area contributed by atoms with E-state index >= 15 is 0 Å². The summed E-state index contributed by atoms with van der Waals surface area (Å²) in [6.07, 6.45) is -0.101. The van der Waals surface area contributed by atoms with Gasteiger partial charge in [0.15, 0.2) is 6.23 Å². The first kappa shape index (κ1) is 12.3. The van der Waals surface area contributed by atoms with Gasteiger partial charge in [0.25, 0.3) is 5.56 Å². The monoisotopic (exact) mass is 266 g/mol. The fourth-order valence-corrected chi connectivity index (χ4v) is 2.72. The van der Waals surface area contributed by atoms with Crippen LogP contribution in [0.2, 0.25) is 0 Å². The van der Waals surface area contributed by atoms with Gasteiger partial charge in [-0.15, -0.1) is 0 Å². The Morgan fingerprint density at radius 1 is 1.53 bits per heavy atom. The number of hydrogen-bond donors (Lipinski definition) is 2. The molecule has 3 rings (SSSR count). The molecular formula is C12H14N2O5. The average molecular weight is 266 g/mol. The Kier molecular flexibility index (Phi) is 2.89. The van der Waals surface area contributed by atoms with Crippen molar-refractivity contribution in [2.45, 2.75) is 18.4 Å². The van der Waals surface area contributed by atoms with Crippen molar-refractivity contribution >= 4 is 0 Å². The lowest BCUT2D eigenvalue weighted by atomic mass is 9.94. The molecule has 0 aromatic carbocycles. The second kappa shape index (κ2) is 4.44. The highest BCUT2D eigenvalue weighted by atomic mass is 16.6. The molecule has 2 fully saturated rings. The fraction of sp³-hybridized carbons (Fsp3) is 0.500. The molecule has 1 aromatic heterocycles. The second-order valence-corrected chi connectivity index (χ2v) is 4.72. The van der Waals surface area contributed by atoms with Crippen molar-refractivity contribution in [1.82, 2.24) is 9.55 Å². The molecule has 0 spiro atoms. The van der Waals surface area contributed by atoms with Gasteiger partial charge in [-0.05, 0) is 5.57 Å². The SMILES string of the molecule is C=C1CO[C@H]2[C@@H]1[C@@H](CO)O[C@H]2n1ccc(=O)[nH]c1=O. The largest absolute Gasteiger partial charge is 0.394 e. The van der Waals surface area contributed by atoms with Crippen molar-refractivity contribution in [2.24, 2.45) is 5.92 Å². The molecule has 2 aliphatic rings. The first-order valence-electron chi connectivity index (χ1n) is 5.99. The number of nitrogens with zero attached hydrogens (tertiary/aromatic N) is 1. The first-order valence-corrected chi connectivity index (χ1v) is 5.99. The zero-order chi connectivity index (χ0) is 13.6. The maximum Gasteiger partial charge on any atom is 0.330 e. The van der Waals surface area contributed by atoms with Gasteiger partial charge in [-0.1, -0.05) is 6.58 Å². The van der Waals surface area contributed by atoms with Gasteiger partial charge >= 0.3 is 5.69 Å². The Balaban J connectivity index is 2.00. The van der Waals surface area contributed by atoms with E-state index in [4.69, 9.17) is 9.47 Å². The fourth-order valence-electron chi connectivity index (χ4n) is 2.72. The summed E-state index contributed by atoms with van der Waals surface area (Å²) in [6, 6.07) is 1.25. The highest BCUT2D eigenvalue weighted by Gasteiger charge is 2.50. The van der Waals surface area contributed by atoms with Crippen molar-refractivity contribution < 1.29 is 14.6 Å². The van der Waals surface area contributed by atoms with Crippen LogP contribution in [0.5, 0.6) is 0 Å². The number of ether oxygens (including phenoxy) is 2. The van der Waals surface area contributed by atoms with Crippen LogP contribution in [0.25, 0.3) is 0 Å². The van der Waals surface area contributed by atoms with E-state index < -0.39 is 23.6 Å². The van der Waals surface area contributed by atoms with Gasteiger partial charge in [0.1, 0.15) is 6.10 Å². The molecule has 7 nitrogen and oxygen atoms in total. The number of aromatic amines is 1. The molecule has 0 unspecified atom stereocenters. The van der Waals surface area contributed by atoms with E-state index in [0.29, 0.717) is 6.61 Å². The van der Waals surface area contributed by atoms with Crippen molar-refractivity contribution in [3.8, 4) is 0 Å². The van der Waals surface area contributed by atoms with Crippen molar-refractivity contribution in [1.29, 1.82) is 0 Å². The van der Waals surface area contributed by atoms with Crippen molar-refractivity contribution in [3.63, 3.8) is 0 Å². The summed E-state index contributed by atoms with van der Waals surface area (Å²) in [7, 11) is 0. The first-order chi connectivity index (χ1) is 9.11. The number of nitrogens with one attached hydrogen (secondary N) is 1. The molecule has 0 bridgehead atoms. The third kappa shape index (κ3) is 1.86. The summed E-state index contributed by atoms with van der Waals surface area (Å²) in [5, 5.41) is 9.34. The number of hydrogen-bond acceptors (Lipinski definition) is 5. The molecule has 7 heteroatoms. The molecule has 0 radical (unpaired) electrons. The number of rotatable bonds is 2. The molecule has 1 aromatic rings. The van der Waals surface area contributed by atoms with E-state index in [1.54, 1.807) is 0 Å². The predicted octanol–water partition coefficient (Wildman–Crippen LogP) is -1.00. The summed E-state index contributed by atoms with van der Waals surface area (Å²) in [5.41, 5.74) is -0.175. The molecule has 102 valence electrons. The Morgan fingerprint density at radius 2 is 2.32 bits per heavy atom. The number of aromatic nitrogens is 2. The Morgan fingerprint density at radius 3 is 3.00 bits per heavy atom. The Labute approximate surface area is 108 Å². The van der Waals surface area contributed by atoms with Crippen LogP contribution in [-0.2, 0) is 9.47 Å². The third-order valence-corrected chi connectivity index (χ3v) is 3.59. The molecule has 3 heterocycles. The molecule has 2 N–H and O–H groups in total. The van der Waals surface area contributed by atoms with E-state index in [0.717, 1.165) is 5.57 Å². The molecule has 0 amide bonds. The molecule has 4 atom stereocenters. The van der Waals surface area contributed by atoms with Crippen molar-refractivity contribution in [2.75, 3.05) is 13.2 Å². The standard InChI is InChI=1S/C12H14N2O5/c1-6-5-18-10-9(6)7(4-15)19-11(10)14-3-2-8(16)13-12(14)17/h2-3,7,9-11,15H,1,4-5H2,(H,13,16,17)/t7-,9+,10+,11-/m1/s1. The molecule has 2 saturated heterocycles. The van der Waals surface area contributed by atoms with Gasteiger partial charge in [0, 0.05) is 18.2 Å². The minimum atomic E-state index is -0.661. The minimum absolute atomic E-state index is 0.131. The quantitative estimate of drug-likeness (QED) is 0.669. The van der Waals surface area contributed by atoms with Crippen LogP contribution in [0, 0.1) is 5.92 Å². The Hall–Kier alpha value is -1.70. The number of H-pyrrole nitrogens is 1. The van der Waals surface area contributed by atoms with Gasteiger partial charge in [-0.3, -0.25) is 14.3 Å². The zero-order valence-corrected chi connectivity index (χ0v) is 10.1. The van der Waals surface area contributed by atoms with Gasteiger partial charge in [0.05, 0.1) is 19.3 Å². The normalized spacial score (nSPS) is 33.6. The van der Waals surface area contributed by atoms with Crippen LogP contribution in [0.3, 0.4) is 0 Å². The van der Waals surface area contributed by atoms with Gasteiger partial charge in [-0.25, -0.2) is 4.79 Å². The minimum Gasteiger partial charge on any atom is -0.394 e. The summed E-state index contributed by atoms with van der Waals surface area (Å²) < 4.78 is 12.5. The lowest BCUT2D eigenvalue weighted by Crippen LogP contribution is -2.35. The number of fused-ring (bicyclic) bond motifs is 1. The predicted molar refractivity (Wildman–Crippen MR) is 64.7 cm³/mol. The molecule has 0 aliphatic carbocycles. The maximum atomic E-state index is 11.8. The van der Waals surface area contributed by atoms with Crippen LogP contribution >= 0.6 is 0 Å². The summed E-state index contributed by atoms with van der Waals surface area (Å²) >= 11 is 0. The zero-order valence-electron chi connectivity index (χ0n) is 10.1. The van der Waals surface area contributed by atoms with Crippen LogP contribution in [0.4, 0.5) is 0 Å². The third-order valence-electron chi connectivity index (χ3n) is 3.59. The smallest absolute Gasteiger partial charge is 0.330 e. The van der Waals surface area contributed by atoms with Gasteiger partial charge in [-0.2, -0.15) is 0 Å². The maximum absolute atomic E-state index is 11.8. The number of aliphatic hydroxyl groups is 1. The van der Waals surface area contributed by atoms with E-state index in [-0.39, 0.29) is 18.6 Å². The lowest BCUT2D eigenvalue weighted by Gasteiger charge is -2.18. The lowest BCUT2D eigenvalue weighted by molar-refractivity contribution is -0.0689. The average Bonchev–Trinajstić information content (AvgIpc) is 2.91. The van der Waals surface area contributed by atoms with Crippen LogP contribution in [0.1, 0.15) is 6.23 Å². The topological polar surface area (TPSA) is 93.5 Å². The molecular weight excluding hydrogens is 252 g/mol. The van der Waals surface area contributed by atoms with Gasteiger partial charge in [0.2, 0.25) is 0 Å². The Bertz CT molecular complexity index is 619. The van der Waals surface area contributed by atoms with Crippen LogP contribution in [-0.4, -0.2) is 40.1 Å². The van der Waals surface area contributed by atoms with E-state index in [2.05, 4.69) is 11.6 Å². The summed E-state index contributed by atoms with van der Waals surface area (Å²) in [4.78, 5) is 25.0. The molecule has 0 saturated carbocycles. The highest BCUT2D eigenvalue weighted by molar-refractivity contribution is 5.15.